The number of carbonyl (C=O) groups excluding carboxylic acids is 1. The zero-order valence-electron chi connectivity index (χ0n) is 13.8. The van der Waals surface area contributed by atoms with Crippen molar-refractivity contribution in [2.75, 3.05) is 6.54 Å². The van der Waals surface area contributed by atoms with Gasteiger partial charge in [0, 0.05) is 24.0 Å². The number of aromatic nitrogens is 1. The lowest BCUT2D eigenvalue weighted by Crippen LogP contribution is -2.52. The van der Waals surface area contributed by atoms with Crippen LogP contribution in [-0.2, 0) is 16.1 Å². The van der Waals surface area contributed by atoms with Gasteiger partial charge in [-0.2, -0.15) is 5.26 Å². The highest BCUT2D eigenvalue weighted by molar-refractivity contribution is 5.90. The molecule has 0 saturated carbocycles. The van der Waals surface area contributed by atoms with E-state index in [1.165, 1.54) is 4.90 Å². The second-order valence-corrected chi connectivity index (χ2v) is 6.29. The molecule has 1 saturated heterocycles. The highest BCUT2D eigenvalue weighted by atomic mass is 16.4. The van der Waals surface area contributed by atoms with Gasteiger partial charge in [-0.1, -0.05) is 18.2 Å². The molecule has 2 atom stereocenters. The zero-order valence-corrected chi connectivity index (χ0v) is 13.8. The molecule has 0 radical (unpaired) electrons. The lowest BCUT2D eigenvalue weighted by atomic mass is 9.99. The van der Waals surface area contributed by atoms with E-state index in [4.69, 9.17) is 0 Å². The Morgan fingerprint density at radius 1 is 1.36 bits per heavy atom. The van der Waals surface area contributed by atoms with Crippen LogP contribution < -0.4 is 0 Å². The van der Waals surface area contributed by atoms with Gasteiger partial charge < -0.3 is 19.7 Å². The SMILES string of the molecule is Cc1c(C#N)c2ccccc2n1CC(=O)N1CC[C@@H](O)C[C@H]1C(=O)O. The van der Waals surface area contributed by atoms with E-state index in [-0.39, 0.29) is 25.4 Å². The maximum atomic E-state index is 12.8. The number of aliphatic hydroxyl groups excluding tert-OH is 1. The highest BCUT2D eigenvalue weighted by Gasteiger charge is 2.35. The Labute approximate surface area is 144 Å². The third-order valence-corrected chi connectivity index (χ3v) is 4.82. The lowest BCUT2D eigenvalue weighted by molar-refractivity contribution is -0.154. The van der Waals surface area contributed by atoms with Crippen molar-refractivity contribution in [2.24, 2.45) is 0 Å². The number of benzene rings is 1. The number of hydrogen-bond acceptors (Lipinski definition) is 4. The number of aliphatic carboxylic acids is 1. The summed E-state index contributed by atoms with van der Waals surface area (Å²) in [5.41, 5.74) is 1.97. The van der Waals surface area contributed by atoms with Crippen molar-refractivity contribution in [3.63, 3.8) is 0 Å². The molecule has 0 spiro atoms. The fraction of sp³-hybridized carbons (Fsp3) is 0.389. The number of fused-ring (bicyclic) bond motifs is 1. The summed E-state index contributed by atoms with van der Waals surface area (Å²) in [6, 6.07) is 8.49. The van der Waals surface area contributed by atoms with Crippen LogP contribution in [-0.4, -0.2) is 50.2 Å². The molecule has 1 amide bonds. The molecule has 2 aromatic rings. The first-order valence-electron chi connectivity index (χ1n) is 8.12. The number of nitriles is 1. The van der Waals surface area contributed by atoms with Crippen LogP contribution in [0.1, 0.15) is 24.1 Å². The first kappa shape index (κ1) is 17.0. The van der Waals surface area contributed by atoms with Crippen molar-refractivity contribution >= 4 is 22.8 Å². The monoisotopic (exact) mass is 341 g/mol. The van der Waals surface area contributed by atoms with Gasteiger partial charge in [0.15, 0.2) is 0 Å². The van der Waals surface area contributed by atoms with Crippen molar-refractivity contribution in [3.8, 4) is 6.07 Å². The van der Waals surface area contributed by atoms with Crippen LogP contribution in [0.5, 0.6) is 0 Å². The largest absolute Gasteiger partial charge is 0.480 e. The molecule has 0 unspecified atom stereocenters. The Kier molecular flexibility index (Phi) is 4.47. The fourth-order valence-electron chi connectivity index (χ4n) is 3.48. The molecule has 7 nitrogen and oxygen atoms in total. The van der Waals surface area contributed by atoms with Crippen LogP contribution >= 0.6 is 0 Å². The number of carboxylic acid groups (broad SMARTS) is 1. The number of piperidine rings is 1. The molecule has 130 valence electrons. The Bertz CT molecular complexity index is 880. The smallest absolute Gasteiger partial charge is 0.326 e. The van der Waals surface area contributed by atoms with Gasteiger partial charge in [0.1, 0.15) is 18.7 Å². The number of aliphatic hydroxyl groups is 1. The van der Waals surface area contributed by atoms with Gasteiger partial charge in [-0.3, -0.25) is 4.79 Å². The molecule has 2 N–H and O–H groups in total. The minimum absolute atomic E-state index is 0.0338. The quantitative estimate of drug-likeness (QED) is 0.874. The van der Waals surface area contributed by atoms with Gasteiger partial charge in [-0.15, -0.1) is 0 Å². The van der Waals surface area contributed by atoms with Gasteiger partial charge in [0.2, 0.25) is 5.91 Å². The fourth-order valence-corrected chi connectivity index (χ4v) is 3.48. The average Bonchev–Trinajstić information content (AvgIpc) is 2.86. The van der Waals surface area contributed by atoms with Crippen molar-refractivity contribution in [2.45, 2.75) is 38.5 Å². The summed E-state index contributed by atoms with van der Waals surface area (Å²) in [6.45, 7) is 1.95. The van der Waals surface area contributed by atoms with Crippen LogP contribution in [0, 0.1) is 18.3 Å². The summed E-state index contributed by atoms with van der Waals surface area (Å²) < 4.78 is 1.75. The number of carbonyl (C=O) groups is 2. The summed E-state index contributed by atoms with van der Waals surface area (Å²) in [4.78, 5) is 25.5. The predicted molar refractivity (Wildman–Crippen MR) is 89.8 cm³/mol. The molecule has 1 aliphatic heterocycles. The van der Waals surface area contributed by atoms with E-state index >= 15 is 0 Å². The van der Waals surface area contributed by atoms with E-state index in [1.807, 2.05) is 24.3 Å². The molecule has 1 fully saturated rings. The van der Waals surface area contributed by atoms with Crippen LogP contribution in [0.2, 0.25) is 0 Å². The number of amides is 1. The summed E-state index contributed by atoms with van der Waals surface area (Å²) in [5, 5.41) is 29.2. The number of likely N-dealkylation sites (tertiary alicyclic amines) is 1. The summed E-state index contributed by atoms with van der Waals surface area (Å²) in [5.74, 6) is -1.44. The summed E-state index contributed by atoms with van der Waals surface area (Å²) in [7, 11) is 0. The molecule has 25 heavy (non-hydrogen) atoms. The maximum absolute atomic E-state index is 12.8. The lowest BCUT2D eigenvalue weighted by Gasteiger charge is -2.35. The Morgan fingerprint density at radius 3 is 2.76 bits per heavy atom. The topological polar surface area (TPSA) is 107 Å². The zero-order chi connectivity index (χ0) is 18.1. The van der Waals surface area contributed by atoms with Crippen molar-refractivity contribution in [1.29, 1.82) is 5.26 Å². The van der Waals surface area contributed by atoms with E-state index in [1.54, 1.807) is 11.5 Å². The second-order valence-electron chi connectivity index (χ2n) is 6.29. The van der Waals surface area contributed by atoms with Crippen molar-refractivity contribution in [3.05, 3.63) is 35.5 Å². The Balaban J connectivity index is 1.94. The second kappa shape index (κ2) is 6.57. The molecule has 1 aliphatic rings. The number of nitrogens with zero attached hydrogens (tertiary/aromatic N) is 3. The Morgan fingerprint density at radius 2 is 2.08 bits per heavy atom. The van der Waals surface area contributed by atoms with Crippen LogP contribution in [0.25, 0.3) is 10.9 Å². The predicted octanol–water partition coefficient (Wildman–Crippen LogP) is 1.26. The standard InChI is InChI=1S/C18H19N3O4/c1-11-14(9-19)13-4-2-3-5-15(13)21(11)10-17(23)20-7-6-12(22)8-16(20)18(24)25/h2-5,12,16,22H,6-8,10H2,1H3,(H,24,25)/t12-,16+/m1/s1. The molecule has 1 aromatic heterocycles. The first-order valence-corrected chi connectivity index (χ1v) is 8.12. The molecular weight excluding hydrogens is 322 g/mol. The molecule has 1 aromatic carbocycles. The van der Waals surface area contributed by atoms with E-state index in [0.29, 0.717) is 17.7 Å². The molecule has 0 aliphatic carbocycles. The van der Waals surface area contributed by atoms with Gasteiger partial charge in [-0.25, -0.2) is 4.79 Å². The number of hydrogen-bond donors (Lipinski definition) is 2. The maximum Gasteiger partial charge on any atom is 0.326 e. The summed E-state index contributed by atoms with van der Waals surface area (Å²) in [6.07, 6.45) is -0.301. The van der Waals surface area contributed by atoms with Crippen LogP contribution in [0.15, 0.2) is 24.3 Å². The van der Waals surface area contributed by atoms with Crippen molar-refractivity contribution < 1.29 is 19.8 Å². The van der Waals surface area contributed by atoms with Crippen LogP contribution in [0.4, 0.5) is 0 Å². The van der Waals surface area contributed by atoms with Gasteiger partial charge >= 0.3 is 5.97 Å². The molecule has 7 heteroatoms. The van der Waals surface area contributed by atoms with Crippen LogP contribution in [0.3, 0.4) is 0 Å². The van der Waals surface area contributed by atoms with Crippen molar-refractivity contribution in [1.82, 2.24) is 9.47 Å². The molecule has 3 rings (SSSR count). The average molecular weight is 341 g/mol. The normalized spacial score (nSPS) is 20.4. The minimum Gasteiger partial charge on any atom is -0.480 e. The van der Waals surface area contributed by atoms with E-state index in [0.717, 1.165) is 10.9 Å². The number of para-hydroxylation sites is 1. The molecule has 2 heterocycles. The Hall–Kier alpha value is -2.85. The molecule has 0 bridgehead atoms. The third kappa shape index (κ3) is 2.96. The minimum atomic E-state index is -1.11. The third-order valence-electron chi connectivity index (χ3n) is 4.82. The number of rotatable bonds is 3. The van der Waals surface area contributed by atoms with Gasteiger partial charge in [-0.05, 0) is 19.4 Å². The number of carboxylic acids is 1. The van der Waals surface area contributed by atoms with Gasteiger partial charge in [0.05, 0.1) is 17.2 Å². The van der Waals surface area contributed by atoms with Gasteiger partial charge in [0.25, 0.3) is 0 Å². The first-order chi connectivity index (χ1) is 11.9. The van der Waals surface area contributed by atoms with E-state index in [2.05, 4.69) is 6.07 Å². The summed E-state index contributed by atoms with van der Waals surface area (Å²) >= 11 is 0. The van der Waals surface area contributed by atoms with E-state index < -0.39 is 18.1 Å². The van der Waals surface area contributed by atoms with E-state index in [9.17, 15) is 25.1 Å². The molecular formula is C18H19N3O4. The highest BCUT2D eigenvalue weighted by Crippen LogP contribution is 2.26.